The van der Waals surface area contributed by atoms with Crippen LogP contribution in [0.25, 0.3) is 0 Å². The van der Waals surface area contributed by atoms with Gasteiger partial charge >= 0.3 is 0 Å². The number of hydrogen-bond acceptors (Lipinski definition) is 4. The molecule has 1 heterocycles. The largest absolute Gasteiger partial charge is 0.497 e. The monoisotopic (exact) mass is 406 g/mol. The van der Waals surface area contributed by atoms with Gasteiger partial charge in [0.05, 0.1) is 12.0 Å². The number of benzene rings is 2. The summed E-state index contributed by atoms with van der Waals surface area (Å²) in [6.45, 7) is 1.24. The van der Waals surface area contributed by atoms with Gasteiger partial charge in [-0.2, -0.15) is 4.31 Å². The van der Waals surface area contributed by atoms with Gasteiger partial charge < -0.3 is 9.64 Å². The summed E-state index contributed by atoms with van der Waals surface area (Å²) in [4.78, 5) is 14.3. The number of sulfonamides is 1. The fraction of sp³-hybridized carbons (Fsp3) is 0.350. The molecule has 1 aliphatic heterocycles. The van der Waals surface area contributed by atoms with Crippen molar-refractivity contribution < 1.29 is 22.3 Å². The Hall–Kier alpha value is -2.45. The lowest BCUT2D eigenvalue weighted by Gasteiger charge is -2.34. The number of piperazine rings is 1. The first-order valence-electron chi connectivity index (χ1n) is 9.06. The van der Waals surface area contributed by atoms with Crippen molar-refractivity contribution in [3.05, 3.63) is 59.9 Å². The number of rotatable bonds is 6. The molecule has 0 atom stereocenters. The first-order chi connectivity index (χ1) is 13.4. The first kappa shape index (κ1) is 20.3. The molecule has 1 amide bonds. The fourth-order valence-corrected chi connectivity index (χ4v) is 4.56. The van der Waals surface area contributed by atoms with Crippen LogP contribution in [0.15, 0.2) is 53.4 Å². The lowest BCUT2D eigenvalue weighted by atomic mass is 10.1. The molecule has 0 bridgehead atoms. The zero-order valence-electron chi connectivity index (χ0n) is 15.7. The molecule has 8 heteroatoms. The van der Waals surface area contributed by atoms with E-state index < -0.39 is 10.0 Å². The van der Waals surface area contributed by atoms with Gasteiger partial charge in [-0.05, 0) is 48.4 Å². The number of methoxy groups -OCH3 is 1. The van der Waals surface area contributed by atoms with E-state index in [0.29, 0.717) is 31.7 Å². The van der Waals surface area contributed by atoms with E-state index in [1.165, 1.54) is 35.7 Å². The van der Waals surface area contributed by atoms with Crippen molar-refractivity contribution in [3.63, 3.8) is 0 Å². The number of aryl methyl sites for hydroxylation is 1. The number of ether oxygens (including phenoxy) is 1. The molecule has 2 aromatic carbocycles. The van der Waals surface area contributed by atoms with Gasteiger partial charge in [0.2, 0.25) is 15.9 Å². The minimum atomic E-state index is -3.59. The number of nitrogens with zero attached hydrogens (tertiary/aromatic N) is 2. The van der Waals surface area contributed by atoms with E-state index in [1.54, 1.807) is 29.2 Å². The van der Waals surface area contributed by atoms with Crippen molar-refractivity contribution in [1.82, 2.24) is 9.21 Å². The maximum Gasteiger partial charge on any atom is 0.243 e. The zero-order valence-corrected chi connectivity index (χ0v) is 16.5. The minimum Gasteiger partial charge on any atom is -0.497 e. The summed E-state index contributed by atoms with van der Waals surface area (Å²) >= 11 is 0. The van der Waals surface area contributed by atoms with Crippen LogP contribution < -0.4 is 4.74 Å². The van der Waals surface area contributed by atoms with Crippen LogP contribution in [-0.2, 0) is 21.2 Å². The topological polar surface area (TPSA) is 66.9 Å². The van der Waals surface area contributed by atoms with Crippen molar-refractivity contribution in [2.75, 3.05) is 33.3 Å². The van der Waals surface area contributed by atoms with E-state index in [1.807, 2.05) is 0 Å². The summed E-state index contributed by atoms with van der Waals surface area (Å²) in [5.74, 6) is 0.269. The molecule has 0 aliphatic carbocycles. The van der Waals surface area contributed by atoms with Crippen molar-refractivity contribution in [2.24, 2.45) is 0 Å². The Morgan fingerprint density at radius 3 is 2.18 bits per heavy atom. The second-order valence-corrected chi connectivity index (χ2v) is 8.52. The molecule has 1 fully saturated rings. The summed E-state index contributed by atoms with van der Waals surface area (Å²) in [6, 6.07) is 12.4. The van der Waals surface area contributed by atoms with Crippen LogP contribution in [0.3, 0.4) is 0 Å². The Kier molecular flexibility index (Phi) is 6.31. The average Bonchev–Trinajstić information content (AvgIpc) is 2.73. The molecule has 0 spiro atoms. The molecule has 1 aliphatic rings. The Labute approximate surface area is 164 Å². The first-order valence-corrected chi connectivity index (χ1v) is 10.5. The molecule has 28 heavy (non-hydrogen) atoms. The highest BCUT2D eigenvalue weighted by Crippen LogP contribution is 2.21. The Morgan fingerprint density at radius 1 is 1.00 bits per heavy atom. The number of carbonyl (C=O) groups excluding carboxylic acids is 1. The summed E-state index contributed by atoms with van der Waals surface area (Å²) < 4.78 is 44.9. The van der Waals surface area contributed by atoms with E-state index in [9.17, 15) is 17.6 Å². The van der Waals surface area contributed by atoms with Gasteiger partial charge in [0.1, 0.15) is 11.6 Å². The second-order valence-electron chi connectivity index (χ2n) is 6.59. The summed E-state index contributed by atoms with van der Waals surface area (Å²) in [6.07, 6.45) is 0.848. The maximum absolute atomic E-state index is 12.9. The van der Waals surface area contributed by atoms with Gasteiger partial charge in [0.25, 0.3) is 0 Å². The zero-order chi connectivity index (χ0) is 20.1. The lowest BCUT2D eigenvalue weighted by molar-refractivity contribution is -0.132. The normalized spacial score (nSPS) is 15.4. The molecule has 1 saturated heterocycles. The lowest BCUT2D eigenvalue weighted by Crippen LogP contribution is -2.50. The smallest absolute Gasteiger partial charge is 0.243 e. The molecule has 0 N–H and O–H groups in total. The van der Waals surface area contributed by atoms with Crippen molar-refractivity contribution >= 4 is 15.9 Å². The highest BCUT2D eigenvalue weighted by atomic mass is 32.2. The summed E-state index contributed by atoms with van der Waals surface area (Å²) in [5, 5.41) is 0. The SMILES string of the molecule is COc1ccc(S(=O)(=O)N2CCN(C(=O)CCc3ccc(F)cc3)CC2)cc1. The standard InChI is InChI=1S/C20H23FN2O4S/c1-27-18-7-9-19(10-8-18)28(25,26)23-14-12-22(13-15-23)20(24)11-4-16-2-5-17(21)6-3-16/h2-3,5-10H,4,11-15H2,1H3. The van der Waals surface area contributed by atoms with Crippen LogP contribution in [0.4, 0.5) is 4.39 Å². The molecular weight excluding hydrogens is 383 g/mol. The molecule has 150 valence electrons. The molecule has 0 unspecified atom stereocenters. The second kappa shape index (κ2) is 8.70. The number of halogens is 1. The van der Waals surface area contributed by atoms with Crippen molar-refractivity contribution in [2.45, 2.75) is 17.7 Å². The minimum absolute atomic E-state index is 0.0224. The van der Waals surface area contributed by atoms with Gasteiger partial charge in [-0.1, -0.05) is 12.1 Å². The van der Waals surface area contributed by atoms with E-state index in [-0.39, 0.29) is 29.7 Å². The predicted molar refractivity (Wildman–Crippen MR) is 103 cm³/mol. The van der Waals surface area contributed by atoms with E-state index in [4.69, 9.17) is 4.74 Å². The van der Waals surface area contributed by atoms with Crippen molar-refractivity contribution in [3.8, 4) is 5.75 Å². The predicted octanol–water partition coefficient (Wildman–Crippen LogP) is 2.30. The molecule has 0 aromatic heterocycles. The van der Waals surface area contributed by atoms with Gasteiger partial charge in [-0.3, -0.25) is 4.79 Å². The van der Waals surface area contributed by atoms with Crippen LogP contribution in [0.2, 0.25) is 0 Å². The molecule has 6 nitrogen and oxygen atoms in total. The van der Waals surface area contributed by atoms with Crippen molar-refractivity contribution in [1.29, 1.82) is 0 Å². The van der Waals surface area contributed by atoms with E-state index >= 15 is 0 Å². The number of hydrogen-bond donors (Lipinski definition) is 0. The fourth-order valence-electron chi connectivity index (χ4n) is 3.14. The van der Waals surface area contributed by atoms with Crippen LogP contribution in [-0.4, -0.2) is 56.8 Å². The number of amides is 1. The van der Waals surface area contributed by atoms with Gasteiger partial charge in [0.15, 0.2) is 0 Å². The van der Waals surface area contributed by atoms with Gasteiger partial charge in [0, 0.05) is 32.6 Å². The van der Waals surface area contributed by atoms with E-state index in [2.05, 4.69) is 0 Å². The maximum atomic E-state index is 12.9. The summed E-state index contributed by atoms with van der Waals surface area (Å²) in [7, 11) is -2.07. The Balaban J connectivity index is 1.54. The third kappa shape index (κ3) is 4.69. The van der Waals surface area contributed by atoms with Crippen LogP contribution >= 0.6 is 0 Å². The molecule has 2 aromatic rings. The molecular formula is C20H23FN2O4S. The average molecular weight is 406 g/mol. The molecule has 0 saturated carbocycles. The highest BCUT2D eigenvalue weighted by molar-refractivity contribution is 7.89. The van der Waals surface area contributed by atoms with E-state index in [0.717, 1.165) is 5.56 Å². The van der Waals surface area contributed by atoms with Crippen LogP contribution in [0.1, 0.15) is 12.0 Å². The Morgan fingerprint density at radius 2 is 1.61 bits per heavy atom. The highest BCUT2D eigenvalue weighted by Gasteiger charge is 2.29. The molecule has 3 rings (SSSR count). The number of carbonyl (C=O) groups is 1. The van der Waals surface area contributed by atoms with Gasteiger partial charge in [-0.25, -0.2) is 12.8 Å². The van der Waals surface area contributed by atoms with Crippen LogP contribution in [0, 0.1) is 5.82 Å². The third-order valence-electron chi connectivity index (χ3n) is 4.83. The quantitative estimate of drug-likeness (QED) is 0.738. The Bertz CT molecular complexity index is 906. The van der Waals surface area contributed by atoms with Crippen LogP contribution in [0.5, 0.6) is 5.75 Å². The molecule has 0 radical (unpaired) electrons. The van der Waals surface area contributed by atoms with Gasteiger partial charge in [-0.15, -0.1) is 0 Å². The third-order valence-corrected chi connectivity index (χ3v) is 6.74. The summed E-state index contributed by atoms with van der Waals surface area (Å²) in [5.41, 5.74) is 0.899.